The molecule has 0 spiro atoms. The monoisotopic (exact) mass is 325 g/mol. The van der Waals surface area contributed by atoms with Crippen molar-refractivity contribution in [2.45, 2.75) is 13.0 Å². The smallest absolute Gasteiger partial charge is 0.253 e. The molecule has 1 atom stereocenters. The number of nitrogens with zero attached hydrogens (tertiary/aromatic N) is 2. The molecule has 124 valence electrons. The topological polar surface area (TPSA) is 71.5 Å². The summed E-state index contributed by atoms with van der Waals surface area (Å²) in [4.78, 5) is 29.8. The van der Waals surface area contributed by atoms with Gasteiger partial charge >= 0.3 is 0 Å². The number of carbonyl (C=O) groups excluding carboxylic acids is 2. The first-order valence-corrected chi connectivity index (χ1v) is 7.80. The number of morpholine rings is 1. The molecule has 0 radical (unpaired) electrons. The minimum atomic E-state index is -0.246. The van der Waals surface area contributed by atoms with E-state index in [1.165, 1.54) is 6.20 Å². The molecule has 2 aromatic rings. The second-order valence-corrected chi connectivity index (χ2v) is 5.73. The van der Waals surface area contributed by atoms with Crippen molar-refractivity contribution in [2.75, 3.05) is 24.6 Å². The number of hydrogen-bond donors (Lipinski definition) is 1. The van der Waals surface area contributed by atoms with Crippen molar-refractivity contribution in [1.82, 2.24) is 10.3 Å². The van der Waals surface area contributed by atoms with Crippen LogP contribution in [0.3, 0.4) is 0 Å². The highest BCUT2D eigenvalue weighted by molar-refractivity contribution is 5.95. The highest BCUT2D eigenvalue weighted by atomic mass is 16.5. The lowest BCUT2D eigenvalue weighted by molar-refractivity contribution is -0.129. The zero-order chi connectivity index (χ0) is 16.9. The maximum atomic E-state index is 12.1. The number of rotatable bonds is 4. The van der Waals surface area contributed by atoms with Gasteiger partial charge in [0.15, 0.2) is 0 Å². The lowest BCUT2D eigenvalue weighted by Crippen LogP contribution is -2.50. The molecule has 24 heavy (non-hydrogen) atoms. The fraction of sp³-hybridized carbons (Fsp3) is 0.278. The second-order valence-electron chi connectivity index (χ2n) is 5.73. The molecule has 2 amide bonds. The molecule has 0 aliphatic carbocycles. The maximum Gasteiger partial charge on any atom is 0.253 e. The molecular weight excluding hydrogens is 306 g/mol. The van der Waals surface area contributed by atoms with E-state index in [9.17, 15) is 9.59 Å². The lowest BCUT2D eigenvalue weighted by Gasteiger charge is -2.33. The van der Waals surface area contributed by atoms with Gasteiger partial charge in [0.2, 0.25) is 0 Å². The zero-order valence-electron chi connectivity index (χ0n) is 13.4. The Morgan fingerprint density at radius 3 is 3.00 bits per heavy atom. The third kappa shape index (κ3) is 3.78. The number of amides is 2. The fourth-order valence-corrected chi connectivity index (χ4v) is 2.60. The Labute approximate surface area is 140 Å². The number of ether oxygens (including phenoxy) is 1. The molecule has 6 nitrogen and oxygen atoms in total. The summed E-state index contributed by atoms with van der Waals surface area (Å²) in [6.45, 7) is 2.75. The van der Waals surface area contributed by atoms with E-state index in [-0.39, 0.29) is 24.5 Å². The van der Waals surface area contributed by atoms with Gasteiger partial charge < -0.3 is 15.0 Å². The molecule has 3 rings (SSSR count). The molecule has 6 heteroatoms. The quantitative estimate of drug-likeness (QED) is 0.926. The standard InChI is InChI=1S/C18H19N3O3/c1-13-4-2-6-15(8-13)21-11-16(24-12-17(21)22)10-20-18(23)14-5-3-7-19-9-14/h2-9,16H,10-12H2,1H3,(H,20,23). The number of aromatic nitrogens is 1. The highest BCUT2D eigenvalue weighted by Gasteiger charge is 2.27. The molecule has 1 aromatic carbocycles. The number of pyridine rings is 1. The van der Waals surface area contributed by atoms with Crippen LogP contribution in [0.2, 0.25) is 0 Å². The van der Waals surface area contributed by atoms with E-state index in [1.807, 2.05) is 31.2 Å². The summed E-state index contributed by atoms with van der Waals surface area (Å²) in [5, 5.41) is 2.82. The van der Waals surface area contributed by atoms with Crippen LogP contribution in [0.1, 0.15) is 15.9 Å². The third-order valence-corrected chi connectivity index (χ3v) is 3.86. The Kier molecular flexibility index (Phi) is 4.86. The summed E-state index contributed by atoms with van der Waals surface area (Å²) in [5.74, 6) is -0.277. The average molecular weight is 325 g/mol. The van der Waals surface area contributed by atoms with Crippen LogP contribution in [-0.4, -0.2) is 42.6 Å². The van der Waals surface area contributed by atoms with Crippen molar-refractivity contribution in [3.63, 3.8) is 0 Å². The number of benzene rings is 1. The van der Waals surface area contributed by atoms with Gasteiger partial charge in [0.05, 0.1) is 18.2 Å². The minimum Gasteiger partial charge on any atom is -0.365 e. The summed E-state index contributed by atoms with van der Waals surface area (Å²) in [5.41, 5.74) is 2.44. The van der Waals surface area contributed by atoms with Gasteiger partial charge in [0, 0.05) is 24.6 Å². The van der Waals surface area contributed by atoms with Crippen LogP contribution >= 0.6 is 0 Å². The van der Waals surface area contributed by atoms with Crippen LogP contribution in [0.4, 0.5) is 5.69 Å². The molecule has 1 fully saturated rings. The Morgan fingerprint density at radius 2 is 2.25 bits per heavy atom. The van der Waals surface area contributed by atoms with Crippen molar-refractivity contribution in [2.24, 2.45) is 0 Å². The van der Waals surface area contributed by atoms with E-state index >= 15 is 0 Å². The van der Waals surface area contributed by atoms with Gasteiger partial charge in [-0.3, -0.25) is 14.6 Å². The van der Waals surface area contributed by atoms with Crippen LogP contribution in [0.25, 0.3) is 0 Å². The maximum absolute atomic E-state index is 12.1. The van der Waals surface area contributed by atoms with Crippen LogP contribution in [0, 0.1) is 6.92 Å². The summed E-state index contributed by atoms with van der Waals surface area (Å²) in [7, 11) is 0. The van der Waals surface area contributed by atoms with Gasteiger partial charge in [-0.15, -0.1) is 0 Å². The van der Waals surface area contributed by atoms with Crippen LogP contribution in [0.15, 0.2) is 48.8 Å². The molecule has 1 aromatic heterocycles. The van der Waals surface area contributed by atoms with E-state index in [4.69, 9.17) is 4.74 Å². The Hall–Kier alpha value is -2.73. The first kappa shape index (κ1) is 16.1. The van der Waals surface area contributed by atoms with E-state index < -0.39 is 0 Å². The summed E-state index contributed by atoms with van der Waals surface area (Å²) >= 11 is 0. The molecule has 1 saturated heterocycles. The van der Waals surface area contributed by atoms with Gasteiger partial charge in [-0.05, 0) is 36.8 Å². The van der Waals surface area contributed by atoms with Gasteiger partial charge in [-0.2, -0.15) is 0 Å². The van der Waals surface area contributed by atoms with Crippen molar-refractivity contribution >= 4 is 17.5 Å². The molecule has 1 aliphatic rings. The third-order valence-electron chi connectivity index (χ3n) is 3.86. The first-order chi connectivity index (χ1) is 11.6. The van der Waals surface area contributed by atoms with Gasteiger partial charge in [-0.1, -0.05) is 12.1 Å². The van der Waals surface area contributed by atoms with Crippen LogP contribution in [-0.2, 0) is 9.53 Å². The summed E-state index contributed by atoms with van der Waals surface area (Å²) in [6, 6.07) is 11.2. The van der Waals surface area contributed by atoms with Crippen molar-refractivity contribution in [1.29, 1.82) is 0 Å². The molecular formula is C18H19N3O3. The molecule has 0 bridgehead atoms. The van der Waals surface area contributed by atoms with Crippen molar-refractivity contribution in [3.8, 4) is 0 Å². The predicted molar refractivity (Wildman–Crippen MR) is 89.8 cm³/mol. The second kappa shape index (κ2) is 7.23. The first-order valence-electron chi connectivity index (χ1n) is 7.80. The molecule has 1 N–H and O–H groups in total. The lowest BCUT2D eigenvalue weighted by atomic mass is 10.1. The van der Waals surface area contributed by atoms with Crippen LogP contribution in [0.5, 0.6) is 0 Å². The molecule has 1 unspecified atom stereocenters. The summed E-state index contributed by atoms with van der Waals surface area (Å²) in [6.07, 6.45) is 2.88. The van der Waals surface area contributed by atoms with E-state index in [2.05, 4.69) is 10.3 Å². The largest absolute Gasteiger partial charge is 0.365 e. The van der Waals surface area contributed by atoms with E-state index in [1.54, 1.807) is 23.2 Å². The Morgan fingerprint density at radius 1 is 1.38 bits per heavy atom. The fourth-order valence-electron chi connectivity index (χ4n) is 2.60. The minimum absolute atomic E-state index is 0.0152. The Balaban J connectivity index is 1.61. The van der Waals surface area contributed by atoms with Crippen LogP contribution < -0.4 is 10.2 Å². The van der Waals surface area contributed by atoms with Crippen molar-refractivity contribution < 1.29 is 14.3 Å². The predicted octanol–water partition coefficient (Wildman–Crippen LogP) is 1.55. The Bertz CT molecular complexity index is 733. The van der Waals surface area contributed by atoms with Gasteiger partial charge in [0.25, 0.3) is 11.8 Å². The van der Waals surface area contributed by atoms with Crippen molar-refractivity contribution in [3.05, 3.63) is 59.9 Å². The van der Waals surface area contributed by atoms with Gasteiger partial charge in [-0.25, -0.2) is 0 Å². The highest BCUT2D eigenvalue weighted by Crippen LogP contribution is 2.19. The number of aryl methyl sites for hydroxylation is 1. The average Bonchev–Trinajstić information content (AvgIpc) is 2.61. The molecule has 1 aliphatic heterocycles. The zero-order valence-corrected chi connectivity index (χ0v) is 13.4. The number of carbonyl (C=O) groups is 2. The van der Waals surface area contributed by atoms with E-state index in [0.717, 1.165) is 11.3 Å². The van der Waals surface area contributed by atoms with E-state index in [0.29, 0.717) is 18.7 Å². The SMILES string of the molecule is Cc1cccc(N2CC(CNC(=O)c3cccnc3)OCC2=O)c1. The summed E-state index contributed by atoms with van der Waals surface area (Å²) < 4.78 is 5.54. The molecule has 0 saturated carbocycles. The molecule has 2 heterocycles. The number of anilines is 1. The normalized spacial score (nSPS) is 17.6. The van der Waals surface area contributed by atoms with Gasteiger partial charge in [0.1, 0.15) is 6.61 Å². The number of nitrogens with one attached hydrogen (secondary N) is 1. The number of hydrogen-bond acceptors (Lipinski definition) is 4.